The van der Waals surface area contributed by atoms with E-state index in [0.717, 1.165) is 5.56 Å². The minimum atomic E-state index is -0.376. The van der Waals surface area contributed by atoms with Gasteiger partial charge in [0.2, 0.25) is 0 Å². The Bertz CT molecular complexity index is 1030. The van der Waals surface area contributed by atoms with Crippen LogP contribution in [0.15, 0.2) is 47.3 Å². The molecule has 0 radical (unpaired) electrons. The maximum atomic E-state index is 12.3. The molecule has 0 aliphatic carbocycles. The van der Waals surface area contributed by atoms with Crippen LogP contribution in [0.25, 0.3) is 10.9 Å². The quantitative estimate of drug-likeness (QED) is 0.619. The van der Waals surface area contributed by atoms with E-state index in [1.165, 1.54) is 4.57 Å². The van der Waals surface area contributed by atoms with E-state index >= 15 is 0 Å². The van der Waals surface area contributed by atoms with Crippen molar-refractivity contribution in [2.45, 2.75) is 19.4 Å². The number of para-hydroxylation sites is 1. The van der Waals surface area contributed by atoms with Gasteiger partial charge in [-0.1, -0.05) is 41.4 Å². The van der Waals surface area contributed by atoms with Crippen molar-refractivity contribution in [3.8, 4) is 0 Å². The predicted octanol–water partition coefficient (Wildman–Crippen LogP) is 3.92. The zero-order chi connectivity index (χ0) is 18.7. The zero-order valence-corrected chi connectivity index (χ0v) is 15.5. The lowest BCUT2D eigenvalue weighted by molar-refractivity contribution is -0.144. The lowest BCUT2D eigenvalue weighted by Crippen LogP contribution is -2.23. The maximum Gasteiger partial charge on any atom is 0.306 e. The number of esters is 1. The molecule has 0 fully saturated rings. The van der Waals surface area contributed by atoms with Gasteiger partial charge in [-0.25, -0.2) is 4.98 Å². The van der Waals surface area contributed by atoms with Crippen LogP contribution in [0.4, 0.5) is 0 Å². The molecule has 5 nitrogen and oxygen atoms in total. The van der Waals surface area contributed by atoms with E-state index in [-0.39, 0.29) is 24.6 Å². The normalized spacial score (nSPS) is 10.9. The third kappa shape index (κ3) is 4.06. The van der Waals surface area contributed by atoms with E-state index in [9.17, 15) is 9.59 Å². The SMILES string of the molecule is Cn1c(CCC(=O)OCc2ccc(Cl)c(Cl)c2)nc2ccccc2c1=O. The van der Waals surface area contributed by atoms with Gasteiger partial charge in [0.05, 0.1) is 27.4 Å². The second kappa shape index (κ2) is 7.89. The Balaban J connectivity index is 1.64. The van der Waals surface area contributed by atoms with Crippen LogP contribution in [0, 0.1) is 0 Å². The number of hydrogen-bond acceptors (Lipinski definition) is 4. The monoisotopic (exact) mass is 390 g/mol. The Morgan fingerprint density at radius 3 is 2.69 bits per heavy atom. The summed E-state index contributed by atoms with van der Waals surface area (Å²) in [5.41, 5.74) is 1.24. The molecular weight excluding hydrogens is 375 g/mol. The molecule has 7 heteroatoms. The van der Waals surface area contributed by atoms with E-state index in [4.69, 9.17) is 27.9 Å². The molecule has 0 saturated heterocycles. The van der Waals surface area contributed by atoms with Crippen LogP contribution < -0.4 is 5.56 Å². The van der Waals surface area contributed by atoms with E-state index < -0.39 is 0 Å². The van der Waals surface area contributed by atoms with E-state index in [0.29, 0.717) is 33.2 Å². The Kier molecular flexibility index (Phi) is 5.59. The van der Waals surface area contributed by atoms with Gasteiger partial charge in [-0.2, -0.15) is 0 Å². The van der Waals surface area contributed by atoms with Crippen LogP contribution >= 0.6 is 23.2 Å². The Hall–Kier alpha value is -2.37. The number of nitrogens with zero attached hydrogens (tertiary/aromatic N) is 2. The number of carbonyl (C=O) groups excluding carboxylic acids is 1. The van der Waals surface area contributed by atoms with E-state index in [1.807, 2.05) is 6.07 Å². The molecule has 0 saturated carbocycles. The molecule has 134 valence electrons. The number of ether oxygens (including phenoxy) is 1. The van der Waals surface area contributed by atoms with Gasteiger partial charge in [-0.15, -0.1) is 0 Å². The molecule has 0 amide bonds. The second-order valence-electron chi connectivity index (χ2n) is 5.82. The summed E-state index contributed by atoms with van der Waals surface area (Å²) in [6, 6.07) is 12.2. The first-order valence-corrected chi connectivity index (χ1v) is 8.75. The largest absolute Gasteiger partial charge is 0.461 e. The highest BCUT2D eigenvalue weighted by Gasteiger charge is 2.11. The summed E-state index contributed by atoms with van der Waals surface area (Å²) in [4.78, 5) is 28.8. The van der Waals surface area contributed by atoms with Gasteiger partial charge in [0.25, 0.3) is 5.56 Å². The minimum Gasteiger partial charge on any atom is -0.461 e. The highest BCUT2D eigenvalue weighted by atomic mass is 35.5. The Morgan fingerprint density at radius 1 is 1.15 bits per heavy atom. The molecule has 0 bridgehead atoms. The van der Waals surface area contributed by atoms with Gasteiger partial charge in [0.1, 0.15) is 12.4 Å². The molecule has 2 aromatic carbocycles. The number of rotatable bonds is 5. The molecule has 1 aromatic heterocycles. The third-order valence-corrected chi connectivity index (χ3v) is 4.75. The molecule has 0 aliphatic rings. The van der Waals surface area contributed by atoms with Crippen molar-refractivity contribution in [3.63, 3.8) is 0 Å². The molecule has 0 unspecified atom stereocenters. The summed E-state index contributed by atoms with van der Waals surface area (Å²) in [5.74, 6) is 0.165. The number of carbonyl (C=O) groups is 1. The van der Waals surface area contributed by atoms with Crippen molar-refractivity contribution in [2.75, 3.05) is 0 Å². The lowest BCUT2D eigenvalue weighted by atomic mass is 10.2. The average Bonchev–Trinajstić information content (AvgIpc) is 2.64. The second-order valence-corrected chi connectivity index (χ2v) is 6.63. The molecule has 0 atom stereocenters. The highest BCUT2D eigenvalue weighted by molar-refractivity contribution is 6.42. The molecule has 3 rings (SSSR count). The number of hydrogen-bond donors (Lipinski definition) is 0. The van der Waals surface area contributed by atoms with Crippen molar-refractivity contribution in [1.29, 1.82) is 0 Å². The number of aromatic nitrogens is 2. The summed E-state index contributed by atoms with van der Waals surface area (Å²) < 4.78 is 6.71. The third-order valence-electron chi connectivity index (χ3n) is 4.01. The van der Waals surface area contributed by atoms with Gasteiger partial charge in [-0.05, 0) is 29.8 Å². The predicted molar refractivity (Wildman–Crippen MR) is 102 cm³/mol. The number of fused-ring (bicyclic) bond motifs is 1. The molecule has 0 N–H and O–H groups in total. The molecule has 0 spiro atoms. The first-order valence-electron chi connectivity index (χ1n) is 8.00. The van der Waals surface area contributed by atoms with Crippen molar-refractivity contribution < 1.29 is 9.53 Å². The minimum absolute atomic E-state index is 0.111. The van der Waals surface area contributed by atoms with Crippen molar-refractivity contribution >= 4 is 40.1 Å². The van der Waals surface area contributed by atoms with Crippen LogP contribution in [0.5, 0.6) is 0 Å². The first-order chi connectivity index (χ1) is 12.5. The summed E-state index contributed by atoms with van der Waals surface area (Å²) >= 11 is 11.8. The average molecular weight is 391 g/mol. The summed E-state index contributed by atoms with van der Waals surface area (Å²) in [6.07, 6.45) is 0.441. The molecule has 0 aliphatic heterocycles. The number of aryl methyl sites for hydroxylation is 1. The Labute approximate surface area is 160 Å². The topological polar surface area (TPSA) is 61.2 Å². The summed E-state index contributed by atoms with van der Waals surface area (Å²) in [5, 5.41) is 1.42. The van der Waals surface area contributed by atoms with Gasteiger partial charge in [0, 0.05) is 13.5 Å². The van der Waals surface area contributed by atoms with Gasteiger partial charge < -0.3 is 4.74 Å². The van der Waals surface area contributed by atoms with E-state index in [1.54, 1.807) is 43.4 Å². The van der Waals surface area contributed by atoms with Gasteiger partial charge >= 0.3 is 5.97 Å². The number of benzene rings is 2. The van der Waals surface area contributed by atoms with Crippen molar-refractivity contribution in [3.05, 3.63) is 74.3 Å². The van der Waals surface area contributed by atoms with Crippen LogP contribution in [0.2, 0.25) is 10.0 Å². The van der Waals surface area contributed by atoms with Crippen LogP contribution in [0.3, 0.4) is 0 Å². The number of halogens is 2. The van der Waals surface area contributed by atoms with Crippen LogP contribution in [-0.4, -0.2) is 15.5 Å². The smallest absolute Gasteiger partial charge is 0.306 e. The fourth-order valence-electron chi connectivity index (χ4n) is 2.57. The van der Waals surface area contributed by atoms with Crippen molar-refractivity contribution in [1.82, 2.24) is 9.55 Å². The first kappa shape index (κ1) is 18.4. The molecular formula is C19H16Cl2N2O3. The Morgan fingerprint density at radius 2 is 1.92 bits per heavy atom. The maximum absolute atomic E-state index is 12.3. The van der Waals surface area contributed by atoms with Crippen molar-refractivity contribution in [2.24, 2.45) is 7.05 Å². The molecule has 3 aromatic rings. The highest BCUT2D eigenvalue weighted by Crippen LogP contribution is 2.23. The lowest BCUT2D eigenvalue weighted by Gasteiger charge is -2.09. The van der Waals surface area contributed by atoms with Crippen LogP contribution in [-0.2, 0) is 29.6 Å². The summed E-state index contributed by atoms with van der Waals surface area (Å²) in [6.45, 7) is 0.111. The standard InChI is InChI=1S/C19H16Cl2N2O3/c1-23-17(22-16-5-3-2-4-13(16)19(23)25)8-9-18(24)26-11-12-6-7-14(20)15(21)10-12/h2-7,10H,8-9,11H2,1H3. The molecule has 26 heavy (non-hydrogen) atoms. The fraction of sp³-hybridized carbons (Fsp3) is 0.211. The fourth-order valence-corrected chi connectivity index (χ4v) is 2.89. The summed E-state index contributed by atoms with van der Waals surface area (Å²) in [7, 11) is 1.65. The van der Waals surface area contributed by atoms with E-state index in [2.05, 4.69) is 4.98 Å². The zero-order valence-electron chi connectivity index (χ0n) is 14.0. The van der Waals surface area contributed by atoms with Crippen LogP contribution in [0.1, 0.15) is 17.8 Å². The molecule has 1 heterocycles. The van der Waals surface area contributed by atoms with Gasteiger partial charge in [0.15, 0.2) is 0 Å². The van der Waals surface area contributed by atoms with Gasteiger partial charge in [-0.3, -0.25) is 14.2 Å².